The maximum atomic E-state index is 13.5. The average Bonchev–Trinajstić information content (AvgIpc) is 2.48. The van der Waals surface area contributed by atoms with E-state index in [-0.39, 0.29) is 11.3 Å². The molecule has 0 saturated carbocycles. The molecular weight excluding hydrogens is 471 g/mol. The molecule has 2 rings (SSSR count). The van der Waals surface area contributed by atoms with Crippen LogP contribution in [0.5, 0.6) is 11.5 Å². The van der Waals surface area contributed by atoms with Crippen LogP contribution in [0.15, 0.2) is 38.1 Å². The molecule has 2 aromatic carbocycles. The van der Waals surface area contributed by atoms with Crippen molar-refractivity contribution in [3.63, 3.8) is 0 Å². The maximum absolute atomic E-state index is 13.5. The van der Waals surface area contributed by atoms with Gasteiger partial charge in [-0.3, -0.25) is 0 Å². The molecule has 0 aromatic heterocycles. The SMILES string of the molecule is CSc1c(C)cc(Oc2cc(F)cc(Br)c2)c(Br)c1C(N)C(F)F. The van der Waals surface area contributed by atoms with Crippen LogP contribution in [0.1, 0.15) is 17.2 Å². The molecule has 1 atom stereocenters. The summed E-state index contributed by atoms with van der Waals surface area (Å²) in [4.78, 5) is 0.669. The minimum Gasteiger partial charge on any atom is -0.456 e. The van der Waals surface area contributed by atoms with Crippen molar-refractivity contribution in [2.24, 2.45) is 5.73 Å². The summed E-state index contributed by atoms with van der Waals surface area (Å²) in [5.74, 6) is 0.0711. The fraction of sp³-hybridized carbons (Fsp3) is 0.250. The van der Waals surface area contributed by atoms with E-state index in [1.165, 1.54) is 23.9 Å². The summed E-state index contributed by atoms with van der Waals surface area (Å²) in [7, 11) is 0. The van der Waals surface area contributed by atoms with Gasteiger partial charge in [-0.15, -0.1) is 11.8 Å². The van der Waals surface area contributed by atoms with Crippen molar-refractivity contribution >= 4 is 43.6 Å². The predicted molar refractivity (Wildman–Crippen MR) is 97.8 cm³/mol. The number of alkyl halides is 2. The number of ether oxygens (including phenoxy) is 1. The summed E-state index contributed by atoms with van der Waals surface area (Å²) >= 11 is 7.83. The van der Waals surface area contributed by atoms with E-state index < -0.39 is 18.3 Å². The number of rotatable bonds is 5. The van der Waals surface area contributed by atoms with E-state index in [9.17, 15) is 13.2 Å². The summed E-state index contributed by atoms with van der Waals surface area (Å²) in [6.07, 6.45) is -0.925. The van der Waals surface area contributed by atoms with Crippen molar-refractivity contribution in [1.82, 2.24) is 0 Å². The van der Waals surface area contributed by atoms with Gasteiger partial charge in [0.2, 0.25) is 0 Å². The maximum Gasteiger partial charge on any atom is 0.257 e. The first-order valence-electron chi connectivity index (χ1n) is 6.79. The van der Waals surface area contributed by atoms with E-state index in [2.05, 4.69) is 31.9 Å². The molecule has 0 amide bonds. The minimum atomic E-state index is -2.72. The second-order valence-corrected chi connectivity index (χ2v) is 7.55. The van der Waals surface area contributed by atoms with Crippen LogP contribution in [0, 0.1) is 12.7 Å². The fourth-order valence-electron chi connectivity index (χ4n) is 2.25. The highest BCUT2D eigenvalue weighted by atomic mass is 79.9. The van der Waals surface area contributed by atoms with Gasteiger partial charge in [-0.1, -0.05) is 15.9 Å². The van der Waals surface area contributed by atoms with Crippen molar-refractivity contribution < 1.29 is 17.9 Å². The molecule has 24 heavy (non-hydrogen) atoms. The zero-order chi connectivity index (χ0) is 18.0. The van der Waals surface area contributed by atoms with E-state index in [1.54, 1.807) is 25.3 Å². The molecule has 0 aliphatic heterocycles. The lowest BCUT2D eigenvalue weighted by Crippen LogP contribution is -2.21. The van der Waals surface area contributed by atoms with Gasteiger partial charge in [-0.2, -0.15) is 0 Å². The predicted octanol–water partition coefficient (Wildman–Crippen LogP) is 6.44. The Morgan fingerprint density at radius 3 is 2.38 bits per heavy atom. The van der Waals surface area contributed by atoms with Gasteiger partial charge in [-0.05, 0) is 52.9 Å². The Morgan fingerprint density at radius 1 is 1.17 bits per heavy atom. The van der Waals surface area contributed by atoms with Crippen LogP contribution < -0.4 is 10.5 Å². The zero-order valence-corrected chi connectivity index (χ0v) is 16.7. The van der Waals surface area contributed by atoms with E-state index in [0.29, 0.717) is 19.6 Å². The van der Waals surface area contributed by atoms with E-state index in [0.717, 1.165) is 5.56 Å². The molecule has 2 aromatic rings. The lowest BCUT2D eigenvalue weighted by Gasteiger charge is -2.21. The second-order valence-electron chi connectivity index (χ2n) is 5.02. The van der Waals surface area contributed by atoms with Crippen LogP contribution in [-0.4, -0.2) is 12.7 Å². The number of hydrogen-bond acceptors (Lipinski definition) is 3. The van der Waals surface area contributed by atoms with Gasteiger partial charge in [0.15, 0.2) is 0 Å². The molecule has 0 spiro atoms. The van der Waals surface area contributed by atoms with Crippen LogP contribution >= 0.6 is 43.6 Å². The van der Waals surface area contributed by atoms with Crippen molar-refractivity contribution in [3.8, 4) is 11.5 Å². The average molecular weight is 485 g/mol. The molecule has 130 valence electrons. The highest BCUT2D eigenvalue weighted by Crippen LogP contribution is 2.43. The molecule has 2 nitrogen and oxygen atoms in total. The van der Waals surface area contributed by atoms with Crippen molar-refractivity contribution in [2.45, 2.75) is 24.3 Å². The van der Waals surface area contributed by atoms with Gasteiger partial charge in [-0.25, -0.2) is 13.2 Å². The van der Waals surface area contributed by atoms with Crippen LogP contribution in [0.4, 0.5) is 13.2 Å². The number of hydrogen-bond donors (Lipinski definition) is 1. The Balaban J connectivity index is 2.55. The van der Waals surface area contributed by atoms with Crippen LogP contribution in [0.25, 0.3) is 0 Å². The smallest absolute Gasteiger partial charge is 0.257 e. The third-order valence-corrected chi connectivity index (χ3v) is 5.50. The van der Waals surface area contributed by atoms with Crippen molar-refractivity contribution in [1.29, 1.82) is 0 Å². The Bertz CT molecular complexity index is 738. The minimum absolute atomic E-state index is 0.246. The second kappa shape index (κ2) is 8.12. The van der Waals surface area contributed by atoms with E-state index in [1.807, 2.05) is 0 Å². The van der Waals surface area contributed by atoms with Gasteiger partial charge in [0.05, 0.1) is 10.5 Å². The standard InChI is InChI=1S/C16H14Br2F3NOS/c1-7-3-11(23-10-5-8(17)4-9(19)6-10)13(18)12(15(7)24-2)14(22)16(20)21/h3-6,14,16H,22H2,1-2H3. The summed E-state index contributed by atoms with van der Waals surface area (Å²) in [6.45, 7) is 1.79. The van der Waals surface area contributed by atoms with Crippen molar-refractivity contribution in [3.05, 3.63) is 50.2 Å². The largest absolute Gasteiger partial charge is 0.456 e. The van der Waals surface area contributed by atoms with E-state index >= 15 is 0 Å². The molecule has 0 bridgehead atoms. The quantitative estimate of drug-likeness (QED) is 0.496. The van der Waals surface area contributed by atoms with Gasteiger partial charge in [0.25, 0.3) is 6.43 Å². The highest BCUT2D eigenvalue weighted by molar-refractivity contribution is 9.10. The highest BCUT2D eigenvalue weighted by Gasteiger charge is 2.26. The molecule has 8 heteroatoms. The Hall–Kier alpha value is -0.700. The first kappa shape index (κ1) is 19.6. The number of aryl methyl sites for hydroxylation is 1. The third kappa shape index (κ3) is 4.28. The summed E-state index contributed by atoms with van der Waals surface area (Å²) in [5, 5.41) is 0. The van der Waals surface area contributed by atoms with Gasteiger partial charge < -0.3 is 10.5 Å². The Labute approximate surface area is 159 Å². The third-order valence-electron chi connectivity index (χ3n) is 3.28. The Kier molecular flexibility index (Phi) is 6.64. The molecule has 0 saturated heterocycles. The summed E-state index contributed by atoms with van der Waals surface area (Å²) in [5.41, 5.74) is 6.71. The lowest BCUT2D eigenvalue weighted by molar-refractivity contribution is 0.115. The number of benzene rings is 2. The van der Waals surface area contributed by atoms with Crippen LogP contribution in [-0.2, 0) is 0 Å². The monoisotopic (exact) mass is 483 g/mol. The normalized spacial score (nSPS) is 12.5. The molecule has 1 unspecified atom stereocenters. The van der Waals surface area contributed by atoms with Crippen LogP contribution in [0.3, 0.4) is 0 Å². The molecule has 2 N–H and O–H groups in total. The molecule has 0 aliphatic rings. The molecule has 0 heterocycles. The van der Waals surface area contributed by atoms with Gasteiger partial charge in [0.1, 0.15) is 17.3 Å². The molecular formula is C16H14Br2F3NOS. The fourth-order valence-corrected chi connectivity index (χ4v) is 4.33. The molecule has 0 aliphatic carbocycles. The molecule has 0 fully saturated rings. The van der Waals surface area contributed by atoms with Gasteiger partial charge in [0, 0.05) is 21.0 Å². The van der Waals surface area contributed by atoms with Gasteiger partial charge >= 0.3 is 0 Å². The number of halogens is 5. The topological polar surface area (TPSA) is 35.2 Å². The van der Waals surface area contributed by atoms with Crippen molar-refractivity contribution in [2.75, 3.05) is 6.26 Å². The number of thioether (sulfide) groups is 1. The Morgan fingerprint density at radius 2 is 1.83 bits per heavy atom. The number of nitrogens with two attached hydrogens (primary N) is 1. The summed E-state index contributed by atoms with van der Waals surface area (Å²) < 4.78 is 46.4. The summed E-state index contributed by atoms with van der Waals surface area (Å²) in [6, 6.07) is 4.34. The zero-order valence-electron chi connectivity index (χ0n) is 12.7. The lowest BCUT2D eigenvalue weighted by atomic mass is 10.0. The van der Waals surface area contributed by atoms with E-state index in [4.69, 9.17) is 10.5 Å². The first-order chi connectivity index (χ1) is 11.2. The first-order valence-corrected chi connectivity index (χ1v) is 9.60. The molecule has 0 radical (unpaired) electrons. The van der Waals surface area contributed by atoms with Crippen LogP contribution in [0.2, 0.25) is 0 Å².